The van der Waals surface area contributed by atoms with Crippen molar-refractivity contribution in [3.63, 3.8) is 0 Å². The second kappa shape index (κ2) is 9.77. The quantitative estimate of drug-likeness (QED) is 0.400. The van der Waals surface area contributed by atoms with E-state index >= 15 is 0 Å². The van der Waals surface area contributed by atoms with Gasteiger partial charge in [-0.05, 0) is 47.2 Å². The second-order valence-corrected chi connectivity index (χ2v) is 10.5. The Hall–Kier alpha value is -2.15. The van der Waals surface area contributed by atoms with Gasteiger partial charge in [-0.25, -0.2) is 9.37 Å². The van der Waals surface area contributed by atoms with Crippen molar-refractivity contribution in [1.82, 2.24) is 9.55 Å². The van der Waals surface area contributed by atoms with Gasteiger partial charge < -0.3 is 14.0 Å². The largest absolute Gasteiger partial charge is 0.345 e. The minimum atomic E-state index is -0.712. The lowest BCUT2D eigenvalue weighted by molar-refractivity contribution is -0.180. The van der Waals surface area contributed by atoms with E-state index in [-0.39, 0.29) is 17.3 Å². The van der Waals surface area contributed by atoms with Gasteiger partial charge in [0.05, 0.1) is 25.6 Å². The number of ether oxygens (including phenoxy) is 2. The summed E-state index contributed by atoms with van der Waals surface area (Å²) < 4.78 is 28.0. The van der Waals surface area contributed by atoms with Crippen LogP contribution >= 0.6 is 11.8 Å². The molecule has 170 valence electrons. The molecular weight excluding hydrogens is 423 g/mol. The summed E-state index contributed by atoms with van der Waals surface area (Å²) in [6.45, 7) is 7.82. The van der Waals surface area contributed by atoms with Crippen LogP contribution in [0.1, 0.15) is 38.3 Å². The number of hydrogen-bond acceptors (Lipinski definition) is 4. The van der Waals surface area contributed by atoms with E-state index in [9.17, 15) is 4.39 Å². The van der Waals surface area contributed by atoms with Crippen molar-refractivity contribution in [2.24, 2.45) is 0 Å². The van der Waals surface area contributed by atoms with Gasteiger partial charge in [-0.15, -0.1) is 11.8 Å². The number of halogens is 1. The lowest BCUT2D eigenvalue weighted by Gasteiger charge is -2.28. The first kappa shape index (κ1) is 23.0. The van der Waals surface area contributed by atoms with Gasteiger partial charge in [-0.2, -0.15) is 0 Å². The number of benzene rings is 2. The van der Waals surface area contributed by atoms with Gasteiger partial charge in [0.15, 0.2) is 5.79 Å². The maximum absolute atomic E-state index is 13.2. The van der Waals surface area contributed by atoms with Gasteiger partial charge in [0.25, 0.3) is 0 Å². The van der Waals surface area contributed by atoms with Crippen molar-refractivity contribution in [2.75, 3.05) is 12.4 Å². The molecule has 2 unspecified atom stereocenters. The van der Waals surface area contributed by atoms with Crippen molar-refractivity contribution in [1.29, 1.82) is 0 Å². The van der Waals surface area contributed by atoms with Crippen LogP contribution in [0.4, 0.5) is 4.39 Å². The summed E-state index contributed by atoms with van der Waals surface area (Å²) in [4.78, 5) is 5.38. The summed E-state index contributed by atoms with van der Waals surface area (Å²) in [5.74, 6) is -0.101. The Balaban J connectivity index is 1.38. The normalized spacial score (nSPS) is 21.2. The summed E-state index contributed by atoms with van der Waals surface area (Å²) in [6.07, 6.45) is 6.92. The molecule has 0 bridgehead atoms. The topological polar surface area (TPSA) is 36.3 Å². The third-order valence-corrected chi connectivity index (χ3v) is 6.90. The summed E-state index contributed by atoms with van der Waals surface area (Å²) >= 11 is 1.80. The molecule has 4 nitrogen and oxygen atoms in total. The molecule has 1 aliphatic rings. The fraction of sp³-hybridized carbons (Fsp3) is 0.423. The Morgan fingerprint density at radius 3 is 2.53 bits per heavy atom. The lowest BCUT2D eigenvalue weighted by atomic mass is 9.87. The standard InChI is InChI=1S/C26H31FN2O2S/c1-25(2,3)21-6-10-24(11-7-21)32-17-23-16-30-26(31-23,18-29-15-14-28-19-29)13-12-20-4-8-22(27)9-5-20/h4-11,14-15,19,23H,12-13,16-18H2,1-3H3. The zero-order valence-electron chi connectivity index (χ0n) is 19.0. The maximum Gasteiger partial charge on any atom is 0.187 e. The summed E-state index contributed by atoms with van der Waals surface area (Å²) in [5.41, 5.74) is 2.56. The Bertz CT molecular complexity index is 984. The molecule has 2 atom stereocenters. The monoisotopic (exact) mass is 454 g/mol. The van der Waals surface area contributed by atoms with E-state index in [2.05, 4.69) is 50.0 Å². The fourth-order valence-corrected chi connectivity index (χ4v) is 4.75. The average molecular weight is 455 g/mol. The van der Waals surface area contributed by atoms with Gasteiger partial charge in [0.2, 0.25) is 0 Å². The molecule has 0 saturated carbocycles. The zero-order chi connectivity index (χ0) is 22.6. The molecule has 1 saturated heterocycles. The second-order valence-electron chi connectivity index (χ2n) is 9.41. The molecule has 6 heteroatoms. The van der Waals surface area contributed by atoms with E-state index in [0.29, 0.717) is 19.6 Å². The molecule has 0 aliphatic carbocycles. The van der Waals surface area contributed by atoms with Crippen LogP contribution in [-0.4, -0.2) is 33.8 Å². The molecule has 0 amide bonds. The molecule has 0 radical (unpaired) electrons. The molecular formula is C26H31FN2O2S. The molecule has 1 aromatic heterocycles. The number of hydrogen-bond donors (Lipinski definition) is 0. The van der Waals surface area contributed by atoms with Crippen molar-refractivity contribution in [3.8, 4) is 0 Å². The Kier molecular flexibility index (Phi) is 7.03. The third-order valence-electron chi connectivity index (χ3n) is 5.76. The predicted molar refractivity (Wildman–Crippen MR) is 126 cm³/mol. The first-order valence-electron chi connectivity index (χ1n) is 11.1. The van der Waals surface area contributed by atoms with Gasteiger partial charge in [-0.1, -0.05) is 45.0 Å². The SMILES string of the molecule is CC(C)(C)c1ccc(SCC2COC(CCc3ccc(F)cc3)(Cn3ccnc3)O2)cc1. The van der Waals surface area contributed by atoms with Crippen LogP contribution in [0.15, 0.2) is 72.1 Å². The number of rotatable bonds is 8. The number of aromatic nitrogens is 2. The maximum atomic E-state index is 13.2. The third kappa shape index (κ3) is 6.00. The van der Waals surface area contributed by atoms with Crippen LogP contribution in [-0.2, 0) is 27.9 Å². The Labute approximate surface area is 194 Å². The zero-order valence-corrected chi connectivity index (χ0v) is 19.8. The van der Waals surface area contributed by atoms with Crippen molar-refractivity contribution < 1.29 is 13.9 Å². The van der Waals surface area contributed by atoms with Crippen LogP contribution in [0.3, 0.4) is 0 Å². The van der Waals surface area contributed by atoms with Gasteiger partial charge >= 0.3 is 0 Å². The van der Waals surface area contributed by atoms with E-state index in [1.54, 1.807) is 24.3 Å². The number of imidazole rings is 1. The smallest absolute Gasteiger partial charge is 0.187 e. The highest BCUT2D eigenvalue weighted by Crippen LogP contribution is 2.34. The van der Waals surface area contributed by atoms with E-state index in [1.807, 2.05) is 22.9 Å². The number of thioether (sulfide) groups is 1. The van der Waals surface area contributed by atoms with Crippen LogP contribution in [0.25, 0.3) is 0 Å². The molecule has 1 fully saturated rings. The first-order valence-corrected chi connectivity index (χ1v) is 12.1. The van der Waals surface area contributed by atoms with Crippen LogP contribution in [0, 0.1) is 5.82 Å². The molecule has 2 heterocycles. The minimum absolute atomic E-state index is 0.0130. The van der Waals surface area contributed by atoms with Crippen molar-refractivity contribution in [2.45, 2.75) is 62.4 Å². The van der Waals surface area contributed by atoms with Gasteiger partial charge in [0.1, 0.15) is 5.82 Å². The van der Waals surface area contributed by atoms with E-state index in [0.717, 1.165) is 17.7 Å². The molecule has 32 heavy (non-hydrogen) atoms. The highest BCUT2D eigenvalue weighted by molar-refractivity contribution is 7.99. The Morgan fingerprint density at radius 1 is 1.12 bits per heavy atom. The van der Waals surface area contributed by atoms with Crippen LogP contribution in [0.5, 0.6) is 0 Å². The summed E-state index contributed by atoms with van der Waals surface area (Å²) in [7, 11) is 0. The number of aryl methyl sites for hydroxylation is 1. The van der Waals surface area contributed by atoms with Crippen molar-refractivity contribution in [3.05, 3.63) is 84.2 Å². The van der Waals surface area contributed by atoms with Crippen LogP contribution in [0.2, 0.25) is 0 Å². The van der Waals surface area contributed by atoms with E-state index in [1.165, 1.54) is 22.6 Å². The van der Waals surface area contributed by atoms with Gasteiger partial charge in [0, 0.05) is 29.5 Å². The fourth-order valence-electron chi connectivity index (χ4n) is 3.88. The molecule has 2 aromatic carbocycles. The highest BCUT2D eigenvalue weighted by atomic mass is 32.2. The predicted octanol–water partition coefficient (Wildman–Crippen LogP) is 5.86. The Morgan fingerprint density at radius 2 is 1.88 bits per heavy atom. The summed E-state index contributed by atoms with van der Waals surface area (Å²) in [5, 5.41) is 0. The highest BCUT2D eigenvalue weighted by Gasteiger charge is 2.41. The molecule has 3 aromatic rings. The van der Waals surface area contributed by atoms with Crippen LogP contribution < -0.4 is 0 Å². The van der Waals surface area contributed by atoms with Gasteiger partial charge in [-0.3, -0.25) is 0 Å². The molecule has 0 spiro atoms. The molecule has 4 rings (SSSR count). The van der Waals surface area contributed by atoms with E-state index in [4.69, 9.17) is 9.47 Å². The number of nitrogens with zero attached hydrogens (tertiary/aromatic N) is 2. The molecule has 1 aliphatic heterocycles. The minimum Gasteiger partial charge on any atom is -0.345 e. The molecule has 0 N–H and O–H groups in total. The summed E-state index contributed by atoms with van der Waals surface area (Å²) in [6, 6.07) is 15.4. The van der Waals surface area contributed by atoms with E-state index < -0.39 is 5.79 Å². The first-order chi connectivity index (χ1) is 15.3. The average Bonchev–Trinajstić information content (AvgIpc) is 3.42. The van der Waals surface area contributed by atoms with Crippen molar-refractivity contribution >= 4 is 11.8 Å². The lowest BCUT2D eigenvalue weighted by Crippen LogP contribution is -2.37.